The van der Waals surface area contributed by atoms with Gasteiger partial charge in [0.05, 0.1) is 10.3 Å². The average molecular weight is 383 g/mol. The number of nitrogens with zero attached hydrogens (tertiary/aromatic N) is 4. The van der Waals surface area contributed by atoms with Crippen LogP contribution in [-0.4, -0.2) is 38.1 Å². The van der Waals surface area contributed by atoms with Crippen molar-refractivity contribution in [3.05, 3.63) is 21.6 Å². The van der Waals surface area contributed by atoms with Crippen LogP contribution in [0.1, 0.15) is 58.3 Å². The largest absolute Gasteiger partial charge is 0.481 e. The minimum Gasteiger partial charge on any atom is -0.481 e. The first-order valence-electron chi connectivity index (χ1n) is 9.09. The smallest absolute Gasteiger partial charge is 0.329 e. The van der Waals surface area contributed by atoms with Crippen molar-refractivity contribution >= 4 is 29.1 Å². The Morgan fingerprint density at radius 1 is 1.46 bits per heavy atom. The lowest BCUT2D eigenvalue weighted by Gasteiger charge is -2.42. The Kier molecular flexibility index (Phi) is 5.32. The maximum Gasteiger partial charge on any atom is 0.329 e. The van der Waals surface area contributed by atoms with E-state index in [2.05, 4.69) is 9.97 Å². The van der Waals surface area contributed by atoms with E-state index >= 15 is 0 Å². The molecule has 1 heterocycles. The normalized spacial score (nSPS) is 20.4. The molecule has 3 rings (SSSR count). The summed E-state index contributed by atoms with van der Waals surface area (Å²) in [4.78, 5) is 32.9. The van der Waals surface area contributed by atoms with Gasteiger partial charge in [0.15, 0.2) is 0 Å². The lowest BCUT2D eigenvalue weighted by Crippen LogP contribution is -2.51. The second kappa shape index (κ2) is 7.34. The maximum atomic E-state index is 12.0. The monoisotopic (exact) mass is 382 g/mol. The fraction of sp³-hybridized carbons (Fsp3) is 0.706. The van der Waals surface area contributed by atoms with Crippen LogP contribution in [0, 0.1) is 15.5 Å². The van der Waals surface area contributed by atoms with Crippen molar-refractivity contribution in [3.8, 4) is 0 Å². The molecular formula is C17H23ClN4O4. The molecule has 2 aliphatic carbocycles. The zero-order valence-corrected chi connectivity index (χ0v) is 15.5. The Hall–Kier alpha value is -1.96. The molecule has 1 aromatic rings. The molecule has 0 amide bonds. The second-order valence-corrected chi connectivity index (χ2v) is 7.53. The van der Waals surface area contributed by atoms with Crippen molar-refractivity contribution < 1.29 is 14.8 Å². The van der Waals surface area contributed by atoms with E-state index in [4.69, 9.17) is 11.6 Å². The topological polar surface area (TPSA) is 109 Å². The third kappa shape index (κ3) is 3.34. The molecule has 0 saturated heterocycles. The van der Waals surface area contributed by atoms with Gasteiger partial charge in [-0.1, -0.05) is 26.2 Å². The van der Waals surface area contributed by atoms with E-state index in [-0.39, 0.29) is 28.9 Å². The summed E-state index contributed by atoms with van der Waals surface area (Å²) in [6.45, 7) is 1.93. The van der Waals surface area contributed by atoms with Gasteiger partial charge in [-0.25, -0.2) is 4.98 Å². The van der Waals surface area contributed by atoms with Crippen LogP contribution in [0.15, 0.2) is 6.20 Å². The van der Waals surface area contributed by atoms with Gasteiger partial charge in [0, 0.05) is 12.1 Å². The number of rotatable bonds is 7. The zero-order valence-electron chi connectivity index (χ0n) is 14.7. The highest BCUT2D eigenvalue weighted by molar-refractivity contribution is 6.28. The maximum absolute atomic E-state index is 12.0. The number of aliphatic carboxylic acids is 1. The van der Waals surface area contributed by atoms with Crippen molar-refractivity contribution in [1.29, 1.82) is 0 Å². The Morgan fingerprint density at radius 3 is 2.62 bits per heavy atom. The number of nitro groups is 1. The molecule has 0 aliphatic heterocycles. The van der Waals surface area contributed by atoms with Gasteiger partial charge in [-0.2, -0.15) is 4.98 Å². The van der Waals surface area contributed by atoms with Crippen LogP contribution in [0.5, 0.6) is 0 Å². The molecule has 0 radical (unpaired) electrons. The average Bonchev–Trinajstić information content (AvgIpc) is 3.41. The van der Waals surface area contributed by atoms with Crippen LogP contribution in [0.4, 0.5) is 11.5 Å². The quantitative estimate of drug-likeness (QED) is 0.433. The Labute approximate surface area is 156 Å². The van der Waals surface area contributed by atoms with E-state index in [1.807, 2.05) is 11.8 Å². The van der Waals surface area contributed by atoms with Crippen LogP contribution >= 0.6 is 11.6 Å². The lowest BCUT2D eigenvalue weighted by atomic mass is 9.87. The predicted molar refractivity (Wildman–Crippen MR) is 96.4 cm³/mol. The van der Waals surface area contributed by atoms with Crippen LogP contribution in [-0.2, 0) is 4.79 Å². The SMILES string of the molecule is CCC(N(c1nc(Cl)ncc1[N+](=O)[O-])C1CCCCC1)C1(C(=O)O)CC1. The van der Waals surface area contributed by atoms with Crippen molar-refractivity contribution in [2.24, 2.45) is 5.41 Å². The molecule has 0 aromatic carbocycles. The molecule has 0 bridgehead atoms. The Balaban J connectivity index is 2.11. The van der Waals surface area contributed by atoms with Crippen molar-refractivity contribution in [2.75, 3.05) is 4.90 Å². The van der Waals surface area contributed by atoms with E-state index < -0.39 is 16.3 Å². The number of carboxylic acids is 1. The Morgan fingerprint density at radius 2 is 2.12 bits per heavy atom. The highest BCUT2D eigenvalue weighted by Crippen LogP contribution is 2.54. The molecule has 2 fully saturated rings. The van der Waals surface area contributed by atoms with Crippen molar-refractivity contribution in [1.82, 2.24) is 9.97 Å². The molecule has 9 heteroatoms. The standard InChI is InChI=1S/C17H23ClN4O4/c1-2-13(17(8-9-17)15(23)24)21(11-6-4-3-5-7-11)14-12(22(25)26)10-19-16(18)20-14/h10-11,13H,2-9H2,1H3,(H,23,24). The number of hydrogen-bond acceptors (Lipinski definition) is 6. The number of aromatic nitrogens is 2. The molecule has 1 N–H and O–H groups in total. The van der Waals surface area contributed by atoms with Gasteiger partial charge in [0.25, 0.3) is 0 Å². The molecular weight excluding hydrogens is 360 g/mol. The van der Waals surface area contributed by atoms with E-state index in [1.165, 1.54) is 0 Å². The van der Waals surface area contributed by atoms with Gasteiger partial charge in [-0.15, -0.1) is 0 Å². The summed E-state index contributed by atoms with van der Waals surface area (Å²) < 4.78 is 0. The van der Waals surface area contributed by atoms with Gasteiger partial charge >= 0.3 is 11.7 Å². The van der Waals surface area contributed by atoms with Gasteiger partial charge < -0.3 is 10.0 Å². The molecule has 0 spiro atoms. The van der Waals surface area contributed by atoms with Gasteiger partial charge in [-0.05, 0) is 43.7 Å². The minimum absolute atomic E-state index is 0.0233. The molecule has 1 aromatic heterocycles. The lowest BCUT2D eigenvalue weighted by molar-refractivity contribution is -0.384. The van der Waals surface area contributed by atoms with Crippen LogP contribution in [0.3, 0.4) is 0 Å². The van der Waals surface area contributed by atoms with Crippen molar-refractivity contribution in [2.45, 2.75) is 70.4 Å². The predicted octanol–water partition coefficient (Wildman–Crippen LogP) is 3.82. The summed E-state index contributed by atoms with van der Waals surface area (Å²) in [5.41, 5.74) is -1.09. The molecule has 142 valence electrons. The second-order valence-electron chi connectivity index (χ2n) is 7.19. The van der Waals surface area contributed by atoms with Gasteiger partial charge in [-0.3, -0.25) is 14.9 Å². The zero-order chi connectivity index (χ0) is 18.9. The highest BCUT2D eigenvalue weighted by atomic mass is 35.5. The molecule has 1 unspecified atom stereocenters. The first kappa shape index (κ1) is 18.8. The highest BCUT2D eigenvalue weighted by Gasteiger charge is 2.58. The summed E-state index contributed by atoms with van der Waals surface area (Å²) >= 11 is 5.96. The van der Waals surface area contributed by atoms with Crippen molar-refractivity contribution in [3.63, 3.8) is 0 Å². The Bertz CT molecular complexity index is 704. The summed E-state index contributed by atoms with van der Waals surface area (Å²) in [7, 11) is 0. The molecule has 2 aliphatic rings. The van der Waals surface area contributed by atoms with E-state index in [0.717, 1.165) is 38.3 Å². The summed E-state index contributed by atoms with van der Waals surface area (Å²) in [5, 5.41) is 21.3. The summed E-state index contributed by atoms with van der Waals surface area (Å²) in [6.07, 6.45) is 7.74. The van der Waals surface area contributed by atoms with E-state index in [1.54, 1.807) is 0 Å². The summed E-state index contributed by atoms with van der Waals surface area (Å²) in [6, 6.07) is -0.331. The molecule has 1 atom stereocenters. The minimum atomic E-state index is -0.864. The molecule has 8 nitrogen and oxygen atoms in total. The number of carbonyl (C=O) groups is 1. The van der Waals surface area contributed by atoms with Crippen LogP contribution in [0.25, 0.3) is 0 Å². The van der Waals surface area contributed by atoms with E-state index in [0.29, 0.717) is 19.3 Å². The number of carboxylic acid groups (broad SMARTS) is 1. The third-order valence-corrected chi connectivity index (χ3v) is 5.89. The number of halogens is 1. The fourth-order valence-corrected chi connectivity index (χ4v) is 4.41. The first-order valence-corrected chi connectivity index (χ1v) is 9.47. The fourth-order valence-electron chi connectivity index (χ4n) is 4.28. The number of hydrogen-bond donors (Lipinski definition) is 1. The third-order valence-electron chi connectivity index (χ3n) is 5.70. The first-order chi connectivity index (χ1) is 12.4. The number of anilines is 1. The summed E-state index contributed by atoms with van der Waals surface area (Å²) in [5.74, 6) is -0.686. The van der Waals surface area contributed by atoms with Crippen LogP contribution < -0.4 is 4.90 Å². The molecule has 2 saturated carbocycles. The molecule has 26 heavy (non-hydrogen) atoms. The van der Waals surface area contributed by atoms with E-state index in [9.17, 15) is 20.0 Å². The van der Waals surface area contributed by atoms with Gasteiger partial charge in [0.1, 0.15) is 6.20 Å². The van der Waals surface area contributed by atoms with Crippen LogP contribution in [0.2, 0.25) is 5.28 Å². The van der Waals surface area contributed by atoms with Gasteiger partial charge in [0.2, 0.25) is 11.1 Å².